The van der Waals surface area contributed by atoms with Gasteiger partial charge in [0.05, 0.1) is 0 Å². The van der Waals surface area contributed by atoms with E-state index in [9.17, 15) is 4.79 Å². The Morgan fingerprint density at radius 2 is 2.31 bits per heavy atom. The first-order valence-electron chi connectivity index (χ1n) is 3.41. The van der Waals surface area contributed by atoms with Crippen LogP contribution in [0.4, 0.5) is 5.82 Å². The molecular weight excluding hydrogens is 174 g/mol. The predicted molar refractivity (Wildman–Crippen MR) is 43.2 cm³/mol. The van der Waals surface area contributed by atoms with Crippen molar-refractivity contribution in [1.82, 2.24) is 9.97 Å². The molecule has 0 unspecified atom stereocenters. The Morgan fingerprint density at radius 3 is 3.00 bits per heavy atom. The fourth-order valence-corrected chi connectivity index (χ4v) is 1.02. The third-order valence-corrected chi connectivity index (χ3v) is 1.61. The highest BCUT2D eigenvalue weighted by molar-refractivity contribution is 6.02. The molecule has 0 saturated heterocycles. The number of hydrogen-bond acceptors (Lipinski definition) is 5. The van der Waals surface area contributed by atoms with E-state index in [0.717, 1.165) is 6.26 Å². The van der Waals surface area contributed by atoms with Gasteiger partial charge in [-0.15, -0.1) is 0 Å². The highest BCUT2D eigenvalue weighted by Crippen LogP contribution is 2.21. The van der Waals surface area contributed by atoms with Crippen molar-refractivity contribution in [2.45, 2.75) is 0 Å². The number of rotatable bonds is 1. The van der Waals surface area contributed by atoms with Crippen LogP contribution in [0.25, 0.3) is 11.1 Å². The highest BCUT2D eigenvalue weighted by atomic mass is 16.4. The Balaban J connectivity index is 2.83. The largest absolute Gasteiger partial charge is 0.477 e. The minimum absolute atomic E-state index is 0.0101. The maximum atomic E-state index is 10.6. The minimum Gasteiger partial charge on any atom is -0.477 e. The molecule has 6 heteroatoms. The molecular formula is C7H5N3O3. The average Bonchev–Trinajstić information content (AvgIpc) is 2.48. The van der Waals surface area contributed by atoms with Crippen LogP contribution in [0.1, 0.15) is 10.4 Å². The summed E-state index contributed by atoms with van der Waals surface area (Å²) in [6, 6.07) is 0. The molecule has 2 rings (SSSR count). The van der Waals surface area contributed by atoms with Gasteiger partial charge in [-0.3, -0.25) is 0 Å². The fourth-order valence-electron chi connectivity index (χ4n) is 1.02. The van der Waals surface area contributed by atoms with Gasteiger partial charge in [0.2, 0.25) is 0 Å². The van der Waals surface area contributed by atoms with E-state index >= 15 is 0 Å². The van der Waals surface area contributed by atoms with Crippen LogP contribution >= 0.6 is 0 Å². The van der Waals surface area contributed by atoms with Gasteiger partial charge in [-0.25, -0.2) is 14.8 Å². The molecule has 0 aliphatic carbocycles. The molecule has 0 bridgehead atoms. The maximum absolute atomic E-state index is 10.6. The Hall–Kier alpha value is -2.11. The van der Waals surface area contributed by atoms with Crippen LogP contribution < -0.4 is 5.73 Å². The number of furan rings is 1. The van der Waals surface area contributed by atoms with E-state index in [1.807, 2.05) is 0 Å². The summed E-state index contributed by atoms with van der Waals surface area (Å²) in [6.07, 6.45) is 2.29. The summed E-state index contributed by atoms with van der Waals surface area (Å²) in [5.41, 5.74) is 5.85. The first-order chi connectivity index (χ1) is 6.20. The number of hydrogen-bond donors (Lipinski definition) is 2. The van der Waals surface area contributed by atoms with Gasteiger partial charge in [-0.05, 0) is 0 Å². The first kappa shape index (κ1) is 7.53. The molecule has 0 atom stereocenters. The highest BCUT2D eigenvalue weighted by Gasteiger charge is 2.15. The predicted octanol–water partition coefficient (Wildman–Crippen LogP) is 0.503. The lowest BCUT2D eigenvalue weighted by molar-refractivity contribution is 0.0698. The zero-order valence-electron chi connectivity index (χ0n) is 6.39. The van der Waals surface area contributed by atoms with Gasteiger partial charge in [0.15, 0.2) is 11.4 Å². The number of carbonyl (C=O) groups is 1. The average molecular weight is 179 g/mol. The molecule has 2 heterocycles. The number of carboxylic acid groups (broad SMARTS) is 1. The van der Waals surface area contributed by atoms with E-state index in [1.54, 1.807) is 0 Å². The zero-order valence-corrected chi connectivity index (χ0v) is 6.39. The third kappa shape index (κ3) is 0.994. The lowest BCUT2D eigenvalue weighted by atomic mass is 10.3. The topological polar surface area (TPSA) is 102 Å². The van der Waals surface area contributed by atoms with Crippen LogP contribution in [0.5, 0.6) is 0 Å². The standard InChI is InChI=1S/C7H5N3O3/c8-6-5-4(9-2-10-6)3(1-13-5)7(11)12/h1-2H,(H,11,12)(H2,8,9,10). The van der Waals surface area contributed by atoms with E-state index in [4.69, 9.17) is 15.3 Å². The van der Waals surface area contributed by atoms with Gasteiger partial charge < -0.3 is 15.3 Å². The summed E-state index contributed by atoms with van der Waals surface area (Å²) in [6.45, 7) is 0. The van der Waals surface area contributed by atoms with Gasteiger partial charge in [-0.2, -0.15) is 0 Å². The number of nitrogens with zero attached hydrogens (tertiary/aromatic N) is 2. The van der Waals surface area contributed by atoms with Crippen molar-refractivity contribution in [3.05, 3.63) is 18.2 Å². The molecule has 2 aromatic heterocycles. The molecule has 6 nitrogen and oxygen atoms in total. The molecule has 0 fully saturated rings. The molecule has 2 aromatic rings. The molecule has 0 spiro atoms. The van der Waals surface area contributed by atoms with Crippen LogP contribution in [0.15, 0.2) is 17.0 Å². The van der Waals surface area contributed by atoms with E-state index in [2.05, 4.69) is 9.97 Å². The maximum Gasteiger partial charge on any atom is 0.341 e. The second-order valence-electron chi connectivity index (χ2n) is 2.39. The van der Waals surface area contributed by atoms with Crippen LogP contribution in [0, 0.1) is 0 Å². The van der Waals surface area contributed by atoms with E-state index in [0.29, 0.717) is 0 Å². The van der Waals surface area contributed by atoms with Crippen LogP contribution in [-0.2, 0) is 0 Å². The number of nitrogen functional groups attached to an aromatic ring is 1. The van der Waals surface area contributed by atoms with Gasteiger partial charge in [0, 0.05) is 0 Å². The fraction of sp³-hybridized carbons (Fsp3) is 0. The van der Waals surface area contributed by atoms with E-state index < -0.39 is 5.97 Å². The summed E-state index contributed by atoms with van der Waals surface area (Å²) in [7, 11) is 0. The molecule has 0 aliphatic rings. The van der Waals surface area contributed by atoms with Crippen molar-refractivity contribution in [1.29, 1.82) is 0 Å². The van der Waals surface area contributed by atoms with Gasteiger partial charge >= 0.3 is 5.97 Å². The molecule has 66 valence electrons. The molecule has 0 amide bonds. The first-order valence-corrected chi connectivity index (χ1v) is 3.41. The SMILES string of the molecule is Nc1ncnc2c(C(=O)O)coc12. The summed E-state index contributed by atoms with van der Waals surface area (Å²) >= 11 is 0. The Kier molecular flexibility index (Phi) is 1.42. The number of nitrogens with two attached hydrogens (primary N) is 1. The minimum atomic E-state index is -1.10. The molecule has 0 saturated carbocycles. The lowest BCUT2D eigenvalue weighted by Crippen LogP contribution is -1.96. The van der Waals surface area contributed by atoms with Crippen LogP contribution in [0.3, 0.4) is 0 Å². The second kappa shape index (κ2) is 2.44. The smallest absolute Gasteiger partial charge is 0.341 e. The quantitative estimate of drug-likeness (QED) is 0.660. The Morgan fingerprint density at radius 1 is 1.54 bits per heavy atom. The van der Waals surface area contributed by atoms with Gasteiger partial charge in [-0.1, -0.05) is 0 Å². The number of fused-ring (bicyclic) bond motifs is 1. The molecule has 0 aromatic carbocycles. The summed E-state index contributed by atoms with van der Waals surface area (Å²) < 4.78 is 4.91. The summed E-state index contributed by atoms with van der Waals surface area (Å²) in [5.74, 6) is -0.964. The van der Waals surface area contributed by atoms with Crippen molar-refractivity contribution >= 4 is 22.9 Å². The number of anilines is 1. The van der Waals surface area contributed by atoms with Crippen molar-refractivity contribution in [3.63, 3.8) is 0 Å². The lowest BCUT2D eigenvalue weighted by Gasteiger charge is -1.91. The van der Waals surface area contributed by atoms with Crippen molar-refractivity contribution < 1.29 is 14.3 Å². The van der Waals surface area contributed by atoms with Crippen molar-refractivity contribution in [3.8, 4) is 0 Å². The summed E-state index contributed by atoms with van der Waals surface area (Å²) in [5, 5.41) is 8.70. The van der Waals surface area contributed by atoms with E-state index in [1.165, 1.54) is 6.33 Å². The summed E-state index contributed by atoms with van der Waals surface area (Å²) in [4.78, 5) is 18.0. The second-order valence-corrected chi connectivity index (χ2v) is 2.39. The number of aromatic nitrogens is 2. The molecule has 0 aliphatic heterocycles. The molecule has 13 heavy (non-hydrogen) atoms. The molecule has 0 radical (unpaired) electrons. The Bertz CT molecular complexity index is 477. The van der Waals surface area contributed by atoms with Gasteiger partial charge in [0.1, 0.15) is 23.7 Å². The van der Waals surface area contributed by atoms with E-state index in [-0.39, 0.29) is 22.5 Å². The number of aromatic carboxylic acids is 1. The molecule has 3 N–H and O–H groups in total. The number of carboxylic acids is 1. The Labute approximate surface area is 72.0 Å². The van der Waals surface area contributed by atoms with Crippen molar-refractivity contribution in [2.24, 2.45) is 0 Å². The monoisotopic (exact) mass is 179 g/mol. The zero-order chi connectivity index (χ0) is 9.42. The normalized spacial score (nSPS) is 10.5. The van der Waals surface area contributed by atoms with Crippen LogP contribution in [0.2, 0.25) is 0 Å². The van der Waals surface area contributed by atoms with Crippen molar-refractivity contribution in [2.75, 3.05) is 5.73 Å². The third-order valence-electron chi connectivity index (χ3n) is 1.61. The van der Waals surface area contributed by atoms with Gasteiger partial charge in [0.25, 0.3) is 0 Å². The van der Waals surface area contributed by atoms with Crippen LogP contribution in [-0.4, -0.2) is 21.0 Å².